The summed E-state index contributed by atoms with van der Waals surface area (Å²) in [5, 5.41) is 3.38. The Morgan fingerprint density at radius 1 is 1.29 bits per heavy atom. The first-order valence-corrected chi connectivity index (χ1v) is 4.88. The van der Waals surface area contributed by atoms with Gasteiger partial charge >= 0.3 is 0 Å². The normalized spacial score (nSPS) is 11.8. The van der Waals surface area contributed by atoms with E-state index in [-0.39, 0.29) is 11.4 Å². The summed E-state index contributed by atoms with van der Waals surface area (Å²) in [6, 6.07) is 4.91. The van der Waals surface area contributed by atoms with Crippen molar-refractivity contribution in [2.45, 2.75) is 39.8 Å². The zero-order valence-corrected chi connectivity index (χ0v) is 9.32. The molecule has 1 rings (SSSR count). The highest BCUT2D eigenvalue weighted by atomic mass is 19.1. The Balaban J connectivity index is 2.68. The number of halogens is 1. The van der Waals surface area contributed by atoms with Crippen molar-refractivity contribution >= 4 is 0 Å². The Bertz CT molecular complexity index is 313. The van der Waals surface area contributed by atoms with Crippen LogP contribution in [0.2, 0.25) is 0 Å². The first-order chi connectivity index (χ1) is 6.38. The fourth-order valence-electron chi connectivity index (χ4n) is 1.22. The Labute approximate surface area is 85.3 Å². The molecule has 2 heteroatoms. The predicted molar refractivity (Wildman–Crippen MR) is 57.7 cm³/mol. The van der Waals surface area contributed by atoms with E-state index in [1.54, 1.807) is 6.07 Å². The lowest BCUT2D eigenvalue weighted by Crippen LogP contribution is -2.35. The first kappa shape index (κ1) is 11.2. The number of rotatable bonds is 2. The lowest BCUT2D eigenvalue weighted by atomic mass is 10.1. The van der Waals surface area contributed by atoms with Crippen LogP contribution >= 0.6 is 0 Å². The summed E-state index contributed by atoms with van der Waals surface area (Å²) in [5.41, 5.74) is 2.25. The van der Waals surface area contributed by atoms with Crippen LogP contribution in [0.4, 0.5) is 4.39 Å². The lowest BCUT2D eigenvalue weighted by molar-refractivity contribution is 0.423. The first-order valence-electron chi connectivity index (χ1n) is 4.88. The van der Waals surface area contributed by atoms with Gasteiger partial charge in [0.25, 0.3) is 0 Å². The SMILES string of the molecule is Cc1cc(F)ccc1CNC(C)(C)C. The molecule has 0 aliphatic carbocycles. The van der Waals surface area contributed by atoms with Gasteiger partial charge in [0.05, 0.1) is 0 Å². The van der Waals surface area contributed by atoms with E-state index >= 15 is 0 Å². The smallest absolute Gasteiger partial charge is 0.123 e. The topological polar surface area (TPSA) is 12.0 Å². The molecule has 0 aromatic heterocycles. The van der Waals surface area contributed by atoms with Crippen molar-refractivity contribution in [2.75, 3.05) is 0 Å². The second-order valence-corrected chi connectivity index (χ2v) is 4.67. The number of nitrogens with one attached hydrogen (secondary N) is 1. The van der Waals surface area contributed by atoms with Gasteiger partial charge in [-0.1, -0.05) is 6.07 Å². The zero-order valence-electron chi connectivity index (χ0n) is 9.32. The van der Waals surface area contributed by atoms with Crippen LogP contribution in [0.1, 0.15) is 31.9 Å². The third-order valence-corrected chi connectivity index (χ3v) is 2.11. The minimum atomic E-state index is -0.165. The van der Waals surface area contributed by atoms with E-state index in [1.165, 1.54) is 6.07 Å². The van der Waals surface area contributed by atoms with Crippen LogP contribution in [0.3, 0.4) is 0 Å². The van der Waals surface area contributed by atoms with Crippen molar-refractivity contribution in [2.24, 2.45) is 0 Å². The van der Waals surface area contributed by atoms with E-state index in [2.05, 4.69) is 26.1 Å². The maximum atomic E-state index is 12.8. The molecular formula is C12H18FN. The lowest BCUT2D eigenvalue weighted by Gasteiger charge is -2.21. The van der Waals surface area contributed by atoms with E-state index < -0.39 is 0 Å². The number of hydrogen-bond donors (Lipinski definition) is 1. The molecular weight excluding hydrogens is 177 g/mol. The molecule has 0 atom stereocenters. The summed E-state index contributed by atoms with van der Waals surface area (Å²) in [4.78, 5) is 0. The Hall–Kier alpha value is -0.890. The Kier molecular flexibility index (Phi) is 3.27. The summed E-state index contributed by atoms with van der Waals surface area (Å²) in [7, 11) is 0. The maximum Gasteiger partial charge on any atom is 0.123 e. The highest BCUT2D eigenvalue weighted by Crippen LogP contribution is 2.11. The highest BCUT2D eigenvalue weighted by Gasteiger charge is 2.09. The second kappa shape index (κ2) is 4.09. The van der Waals surface area contributed by atoms with Gasteiger partial charge in [0.15, 0.2) is 0 Å². The maximum absolute atomic E-state index is 12.8. The Morgan fingerprint density at radius 2 is 1.93 bits per heavy atom. The molecule has 0 fully saturated rings. The van der Waals surface area contributed by atoms with Crippen LogP contribution < -0.4 is 5.32 Å². The van der Waals surface area contributed by atoms with Crippen molar-refractivity contribution in [1.29, 1.82) is 0 Å². The third kappa shape index (κ3) is 3.46. The monoisotopic (exact) mass is 195 g/mol. The van der Waals surface area contributed by atoms with Gasteiger partial charge in [-0.15, -0.1) is 0 Å². The van der Waals surface area contributed by atoms with E-state index in [4.69, 9.17) is 0 Å². The van der Waals surface area contributed by atoms with Gasteiger partial charge in [-0.25, -0.2) is 4.39 Å². The molecule has 0 saturated carbocycles. The molecule has 1 aromatic carbocycles. The number of aryl methyl sites for hydroxylation is 1. The van der Waals surface area contributed by atoms with Gasteiger partial charge in [0.1, 0.15) is 5.82 Å². The van der Waals surface area contributed by atoms with Crippen molar-refractivity contribution in [3.05, 3.63) is 35.1 Å². The zero-order chi connectivity index (χ0) is 10.8. The predicted octanol–water partition coefficient (Wildman–Crippen LogP) is 3.02. The molecule has 1 nitrogen and oxygen atoms in total. The molecule has 0 bridgehead atoms. The van der Waals surface area contributed by atoms with E-state index in [9.17, 15) is 4.39 Å². The van der Waals surface area contributed by atoms with Gasteiger partial charge in [-0.3, -0.25) is 0 Å². The summed E-state index contributed by atoms with van der Waals surface area (Å²) in [6.07, 6.45) is 0. The van der Waals surface area contributed by atoms with Gasteiger partial charge in [-0.2, -0.15) is 0 Å². The second-order valence-electron chi connectivity index (χ2n) is 4.67. The quantitative estimate of drug-likeness (QED) is 0.765. The molecule has 0 spiro atoms. The standard InChI is InChI=1S/C12H18FN/c1-9-7-11(13)6-5-10(9)8-14-12(2,3)4/h5-7,14H,8H2,1-4H3. The molecule has 14 heavy (non-hydrogen) atoms. The van der Waals surface area contributed by atoms with Gasteiger partial charge in [0.2, 0.25) is 0 Å². The Morgan fingerprint density at radius 3 is 2.43 bits per heavy atom. The summed E-state index contributed by atoms with van der Waals surface area (Å²) in [6.45, 7) is 9.07. The minimum absolute atomic E-state index is 0.0980. The van der Waals surface area contributed by atoms with Crippen LogP contribution in [0.5, 0.6) is 0 Å². The summed E-state index contributed by atoms with van der Waals surface area (Å²) >= 11 is 0. The van der Waals surface area contributed by atoms with Crippen molar-refractivity contribution < 1.29 is 4.39 Å². The number of benzene rings is 1. The van der Waals surface area contributed by atoms with E-state index in [0.717, 1.165) is 17.7 Å². The fourth-order valence-corrected chi connectivity index (χ4v) is 1.22. The minimum Gasteiger partial charge on any atom is -0.308 e. The third-order valence-electron chi connectivity index (χ3n) is 2.11. The molecule has 0 amide bonds. The molecule has 0 heterocycles. The van der Waals surface area contributed by atoms with Crippen molar-refractivity contribution in [3.63, 3.8) is 0 Å². The van der Waals surface area contributed by atoms with Crippen LogP contribution in [0.15, 0.2) is 18.2 Å². The number of hydrogen-bond acceptors (Lipinski definition) is 1. The highest BCUT2D eigenvalue weighted by molar-refractivity contribution is 5.26. The van der Waals surface area contributed by atoms with E-state index in [0.29, 0.717) is 0 Å². The van der Waals surface area contributed by atoms with Crippen LogP contribution in [-0.2, 0) is 6.54 Å². The van der Waals surface area contributed by atoms with Crippen LogP contribution in [0, 0.1) is 12.7 Å². The van der Waals surface area contributed by atoms with Crippen LogP contribution in [0.25, 0.3) is 0 Å². The molecule has 1 aromatic rings. The van der Waals surface area contributed by atoms with Gasteiger partial charge in [-0.05, 0) is 51.0 Å². The average Bonchev–Trinajstić information content (AvgIpc) is 2.00. The molecule has 0 radical (unpaired) electrons. The largest absolute Gasteiger partial charge is 0.308 e. The summed E-state index contributed by atoms with van der Waals surface area (Å²) < 4.78 is 12.8. The molecule has 0 saturated heterocycles. The van der Waals surface area contributed by atoms with Crippen molar-refractivity contribution in [3.8, 4) is 0 Å². The molecule has 0 aliphatic rings. The average molecular weight is 195 g/mol. The molecule has 0 unspecified atom stereocenters. The fraction of sp³-hybridized carbons (Fsp3) is 0.500. The van der Waals surface area contributed by atoms with E-state index in [1.807, 2.05) is 13.0 Å². The van der Waals surface area contributed by atoms with Crippen molar-refractivity contribution in [1.82, 2.24) is 5.32 Å². The molecule has 78 valence electrons. The van der Waals surface area contributed by atoms with Gasteiger partial charge in [0, 0.05) is 12.1 Å². The molecule has 1 N–H and O–H groups in total. The summed E-state index contributed by atoms with van der Waals surface area (Å²) in [5.74, 6) is -0.165. The molecule has 0 aliphatic heterocycles. The van der Waals surface area contributed by atoms with Gasteiger partial charge < -0.3 is 5.32 Å². The van der Waals surface area contributed by atoms with Crippen LogP contribution in [-0.4, -0.2) is 5.54 Å².